The van der Waals surface area contributed by atoms with E-state index in [-0.39, 0.29) is 25.0 Å². The molecule has 0 saturated heterocycles. The number of rotatable bonds is 7. The first-order valence-electron chi connectivity index (χ1n) is 10.7. The minimum atomic E-state index is -0.419. The molecule has 1 aliphatic rings. The number of anilines is 1. The molecule has 2 aromatic carbocycles. The van der Waals surface area contributed by atoms with Gasteiger partial charge in [0.1, 0.15) is 18.9 Å². The van der Waals surface area contributed by atoms with Crippen molar-refractivity contribution in [1.29, 1.82) is 0 Å². The monoisotopic (exact) mass is 436 g/mol. The summed E-state index contributed by atoms with van der Waals surface area (Å²) in [5.41, 5.74) is 2.33. The molecule has 9 heteroatoms. The Morgan fingerprint density at radius 2 is 1.78 bits per heavy atom. The Kier molecular flexibility index (Phi) is 6.53. The van der Waals surface area contributed by atoms with Crippen LogP contribution in [0.25, 0.3) is 11.4 Å². The molecule has 1 aromatic heterocycles. The van der Waals surface area contributed by atoms with Gasteiger partial charge in [-0.3, -0.25) is 9.59 Å². The number of hydrogen-bond acceptors (Lipinski definition) is 5. The lowest BCUT2D eigenvalue weighted by Gasteiger charge is -2.23. The van der Waals surface area contributed by atoms with Gasteiger partial charge in [-0.25, -0.2) is 4.39 Å². The van der Waals surface area contributed by atoms with Crippen molar-refractivity contribution in [2.45, 2.75) is 45.2 Å². The second-order valence-electron chi connectivity index (χ2n) is 8.01. The van der Waals surface area contributed by atoms with Crippen molar-refractivity contribution in [3.05, 3.63) is 59.9 Å². The second kappa shape index (κ2) is 9.67. The molecule has 0 aliphatic heterocycles. The topological polar surface area (TPSA) is 93.0 Å². The molecule has 0 unspecified atom stereocenters. The van der Waals surface area contributed by atoms with Crippen LogP contribution in [-0.2, 0) is 16.1 Å². The van der Waals surface area contributed by atoms with Crippen molar-refractivity contribution < 1.29 is 14.0 Å². The number of aryl methyl sites for hydroxylation is 1. The van der Waals surface area contributed by atoms with Crippen LogP contribution in [0.2, 0.25) is 0 Å². The molecule has 0 bridgehead atoms. The highest BCUT2D eigenvalue weighted by Gasteiger charge is 2.23. The van der Waals surface area contributed by atoms with Crippen LogP contribution in [0.4, 0.5) is 10.1 Å². The number of aromatic nitrogens is 4. The second-order valence-corrected chi connectivity index (χ2v) is 8.01. The van der Waals surface area contributed by atoms with Crippen LogP contribution in [0.15, 0.2) is 48.5 Å². The van der Waals surface area contributed by atoms with E-state index in [9.17, 15) is 14.0 Å². The third-order valence-electron chi connectivity index (χ3n) is 5.50. The zero-order chi connectivity index (χ0) is 22.5. The van der Waals surface area contributed by atoms with Gasteiger partial charge in [-0.15, -0.1) is 10.2 Å². The average Bonchev–Trinajstić information content (AvgIpc) is 3.45. The van der Waals surface area contributed by atoms with E-state index in [4.69, 9.17) is 0 Å². The summed E-state index contributed by atoms with van der Waals surface area (Å²) in [6, 6.07) is 13.3. The van der Waals surface area contributed by atoms with E-state index in [1.807, 2.05) is 31.2 Å². The predicted octanol–water partition coefficient (Wildman–Crippen LogP) is 2.88. The summed E-state index contributed by atoms with van der Waals surface area (Å²) in [6.45, 7) is 1.62. The largest absolute Gasteiger partial charge is 0.352 e. The van der Waals surface area contributed by atoms with E-state index in [2.05, 4.69) is 20.7 Å². The summed E-state index contributed by atoms with van der Waals surface area (Å²) in [5.74, 6) is -0.658. The van der Waals surface area contributed by atoms with E-state index < -0.39 is 11.7 Å². The molecule has 1 fully saturated rings. The van der Waals surface area contributed by atoms with Gasteiger partial charge >= 0.3 is 0 Å². The summed E-state index contributed by atoms with van der Waals surface area (Å²) in [6.07, 6.45) is 4.07. The Labute approximate surface area is 185 Å². The van der Waals surface area contributed by atoms with Crippen LogP contribution >= 0.6 is 0 Å². The molecule has 3 aromatic rings. The number of tetrazole rings is 1. The first-order valence-corrected chi connectivity index (χ1v) is 10.7. The quantitative estimate of drug-likeness (QED) is 0.615. The SMILES string of the molecule is Cc1ccc(-c2nnn(CC(=O)N(CC(=O)NC3CCCC3)c3ccc(F)cc3)n2)cc1. The number of hydrogen-bond donors (Lipinski definition) is 1. The van der Waals surface area contributed by atoms with Crippen LogP contribution in [0, 0.1) is 12.7 Å². The third kappa shape index (κ3) is 5.35. The number of halogens is 1. The number of nitrogens with one attached hydrogen (secondary N) is 1. The van der Waals surface area contributed by atoms with Crippen LogP contribution in [0.5, 0.6) is 0 Å². The summed E-state index contributed by atoms with van der Waals surface area (Å²) >= 11 is 0. The summed E-state index contributed by atoms with van der Waals surface area (Å²) in [4.78, 5) is 28.2. The Bertz CT molecular complexity index is 1070. The van der Waals surface area contributed by atoms with Crippen molar-refractivity contribution in [2.75, 3.05) is 11.4 Å². The molecule has 2 amide bonds. The molecule has 1 heterocycles. The molecule has 32 heavy (non-hydrogen) atoms. The highest BCUT2D eigenvalue weighted by molar-refractivity contribution is 5.98. The van der Waals surface area contributed by atoms with Gasteiger partial charge in [-0.2, -0.15) is 4.80 Å². The van der Waals surface area contributed by atoms with Gasteiger partial charge in [0, 0.05) is 17.3 Å². The van der Waals surface area contributed by atoms with E-state index in [1.165, 1.54) is 34.0 Å². The molecule has 0 radical (unpaired) electrons. The van der Waals surface area contributed by atoms with E-state index in [0.29, 0.717) is 11.5 Å². The number of nitrogens with zero attached hydrogens (tertiary/aromatic N) is 5. The van der Waals surface area contributed by atoms with Crippen molar-refractivity contribution in [3.8, 4) is 11.4 Å². The van der Waals surface area contributed by atoms with Gasteiger partial charge in [-0.05, 0) is 49.2 Å². The van der Waals surface area contributed by atoms with Gasteiger partial charge in [-0.1, -0.05) is 42.7 Å². The van der Waals surface area contributed by atoms with E-state index in [1.54, 1.807) is 0 Å². The van der Waals surface area contributed by atoms with Gasteiger partial charge in [0.25, 0.3) is 5.91 Å². The van der Waals surface area contributed by atoms with E-state index in [0.717, 1.165) is 36.8 Å². The average molecular weight is 436 g/mol. The Hall–Kier alpha value is -3.62. The Balaban J connectivity index is 1.48. The van der Waals surface area contributed by atoms with Gasteiger partial charge < -0.3 is 10.2 Å². The predicted molar refractivity (Wildman–Crippen MR) is 117 cm³/mol. The summed E-state index contributed by atoms with van der Waals surface area (Å²) in [5, 5.41) is 15.3. The lowest BCUT2D eigenvalue weighted by molar-refractivity contribution is -0.124. The molecule has 166 valence electrons. The minimum Gasteiger partial charge on any atom is -0.352 e. The van der Waals surface area contributed by atoms with Crippen LogP contribution in [0.1, 0.15) is 31.2 Å². The lowest BCUT2D eigenvalue weighted by atomic mass is 10.1. The fraction of sp³-hybridized carbons (Fsp3) is 0.348. The molecule has 4 rings (SSSR count). The number of amides is 2. The first kappa shape index (κ1) is 21.6. The minimum absolute atomic E-state index is 0.140. The summed E-state index contributed by atoms with van der Waals surface area (Å²) in [7, 11) is 0. The molecule has 1 N–H and O–H groups in total. The standard InChI is InChI=1S/C23H25FN6O2/c1-16-6-8-17(9-7-16)23-26-28-30(27-23)15-22(32)29(20-12-10-18(24)11-13-20)14-21(31)25-19-4-2-3-5-19/h6-13,19H,2-5,14-15H2,1H3,(H,25,31). The van der Waals surface area contributed by atoms with E-state index >= 15 is 0 Å². The highest BCUT2D eigenvalue weighted by atomic mass is 19.1. The Morgan fingerprint density at radius 3 is 2.47 bits per heavy atom. The van der Waals surface area contributed by atoms with Crippen molar-refractivity contribution >= 4 is 17.5 Å². The fourth-order valence-corrected chi connectivity index (χ4v) is 3.77. The highest BCUT2D eigenvalue weighted by Crippen LogP contribution is 2.19. The van der Waals surface area contributed by atoms with Crippen LogP contribution in [-0.4, -0.2) is 44.6 Å². The molecular weight excluding hydrogens is 411 g/mol. The number of benzene rings is 2. The lowest BCUT2D eigenvalue weighted by Crippen LogP contribution is -2.44. The fourth-order valence-electron chi connectivity index (χ4n) is 3.77. The molecule has 8 nitrogen and oxygen atoms in total. The summed E-state index contributed by atoms with van der Waals surface area (Å²) < 4.78 is 13.4. The molecule has 0 atom stereocenters. The zero-order valence-corrected chi connectivity index (χ0v) is 17.9. The van der Waals surface area contributed by atoms with Gasteiger partial charge in [0.2, 0.25) is 11.7 Å². The third-order valence-corrected chi connectivity index (χ3v) is 5.50. The molecule has 0 spiro atoms. The zero-order valence-electron chi connectivity index (χ0n) is 17.9. The van der Waals surface area contributed by atoms with Crippen LogP contribution < -0.4 is 10.2 Å². The molecule has 1 saturated carbocycles. The maximum Gasteiger partial charge on any atom is 0.251 e. The van der Waals surface area contributed by atoms with Crippen molar-refractivity contribution in [2.24, 2.45) is 0 Å². The maximum atomic E-state index is 13.4. The smallest absolute Gasteiger partial charge is 0.251 e. The maximum absolute atomic E-state index is 13.4. The van der Waals surface area contributed by atoms with Crippen LogP contribution in [0.3, 0.4) is 0 Å². The van der Waals surface area contributed by atoms with Gasteiger partial charge in [0.05, 0.1) is 0 Å². The molecule has 1 aliphatic carbocycles. The normalized spacial score (nSPS) is 13.8. The number of carbonyl (C=O) groups is 2. The number of carbonyl (C=O) groups excluding carboxylic acids is 2. The first-order chi connectivity index (χ1) is 15.5. The van der Waals surface area contributed by atoms with Crippen molar-refractivity contribution in [1.82, 2.24) is 25.5 Å². The Morgan fingerprint density at radius 1 is 1.09 bits per heavy atom. The van der Waals surface area contributed by atoms with Crippen molar-refractivity contribution in [3.63, 3.8) is 0 Å². The van der Waals surface area contributed by atoms with Gasteiger partial charge in [0.15, 0.2) is 0 Å². The molecular formula is C23H25FN6O2.